The second-order valence-electron chi connectivity index (χ2n) is 8.93. The number of aromatic nitrogens is 9. The SMILES string of the molecule is CCn1ccc(C(=O)Nc2ncccc2-n2cnc(Cn3nc(-c4ccc(Cl)cc4)n(C[C@H](O)C(F)(F)F)c3=O)n2)n1. The Hall–Kier alpha value is -4.83. The molecule has 42 heavy (non-hydrogen) atoms. The molecule has 2 N–H and O–H groups in total. The number of amides is 1. The Balaban J connectivity index is 1.43. The van der Waals surface area contributed by atoms with E-state index in [0.29, 0.717) is 22.8 Å². The molecule has 0 spiro atoms. The Morgan fingerprint density at radius 2 is 1.86 bits per heavy atom. The van der Waals surface area contributed by atoms with E-state index in [2.05, 4.69) is 30.6 Å². The molecule has 0 unspecified atom stereocenters. The second kappa shape index (κ2) is 11.6. The Bertz CT molecular complexity index is 1780. The molecule has 13 nitrogen and oxygen atoms in total. The van der Waals surface area contributed by atoms with Crippen molar-refractivity contribution in [3.63, 3.8) is 0 Å². The molecule has 5 rings (SSSR count). The van der Waals surface area contributed by atoms with E-state index in [1.54, 1.807) is 29.1 Å². The van der Waals surface area contributed by atoms with Crippen molar-refractivity contribution in [2.45, 2.75) is 38.8 Å². The van der Waals surface area contributed by atoms with E-state index in [1.165, 1.54) is 41.5 Å². The van der Waals surface area contributed by atoms with Gasteiger partial charge in [-0.25, -0.2) is 24.1 Å². The highest BCUT2D eigenvalue weighted by Crippen LogP contribution is 2.24. The number of carbonyl (C=O) groups excluding carboxylic acids is 1. The zero-order chi connectivity index (χ0) is 30.0. The molecular weight excluding hydrogens is 581 g/mol. The lowest BCUT2D eigenvalue weighted by Gasteiger charge is -2.15. The van der Waals surface area contributed by atoms with Gasteiger partial charge in [-0.3, -0.25) is 14.0 Å². The highest BCUT2D eigenvalue weighted by Gasteiger charge is 2.39. The molecule has 1 aromatic carbocycles. The molecule has 0 aliphatic rings. The first kappa shape index (κ1) is 28.7. The van der Waals surface area contributed by atoms with Gasteiger partial charge in [-0.05, 0) is 49.4 Å². The minimum Gasteiger partial charge on any atom is -0.382 e. The van der Waals surface area contributed by atoms with Crippen LogP contribution < -0.4 is 11.0 Å². The fourth-order valence-corrected chi connectivity index (χ4v) is 4.05. The molecule has 17 heteroatoms. The number of anilines is 1. The minimum absolute atomic E-state index is 0.0867. The van der Waals surface area contributed by atoms with Crippen molar-refractivity contribution >= 4 is 23.3 Å². The first-order valence-corrected chi connectivity index (χ1v) is 12.8. The summed E-state index contributed by atoms with van der Waals surface area (Å²) in [5.41, 5.74) is -0.0644. The van der Waals surface area contributed by atoms with Crippen LogP contribution in [0.3, 0.4) is 0 Å². The Labute approximate surface area is 239 Å². The number of nitrogens with zero attached hydrogens (tertiary/aromatic N) is 9. The number of hydrogen-bond acceptors (Lipinski definition) is 8. The van der Waals surface area contributed by atoms with E-state index < -0.39 is 30.4 Å². The van der Waals surface area contributed by atoms with Gasteiger partial charge in [0.25, 0.3) is 5.91 Å². The smallest absolute Gasteiger partial charge is 0.382 e. The van der Waals surface area contributed by atoms with Gasteiger partial charge in [-0.1, -0.05) is 11.6 Å². The molecule has 0 aliphatic carbocycles. The predicted octanol–water partition coefficient (Wildman–Crippen LogP) is 2.78. The molecule has 0 aliphatic heterocycles. The van der Waals surface area contributed by atoms with Crippen LogP contribution in [0.25, 0.3) is 17.1 Å². The zero-order valence-electron chi connectivity index (χ0n) is 21.8. The second-order valence-corrected chi connectivity index (χ2v) is 9.36. The number of aliphatic hydroxyl groups is 1. The lowest BCUT2D eigenvalue weighted by Crippen LogP contribution is -2.37. The molecule has 1 amide bonds. The maximum Gasteiger partial charge on any atom is 0.416 e. The van der Waals surface area contributed by atoms with Crippen molar-refractivity contribution in [3.05, 3.63) is 88.2 Å². The van der Waals surface area contributed by atoms with Gasteiger partial charge in [-0.15, -0.1) is 10.2 Å². The molecule has 0 saturated heterocycles. The molecule has 4 aromatic heterocycles. The summed E-state index contributed by atoms with van der Waals surface area (Å²) < 4.78 is 43.9. The van der Waals surface area contributed by atoms with Crippen LogP contribution in [0, 0.1) is 0 Å². The first-order chi connectivity index (χ1) is 20.0. The first-order valence-electron chi connectivity index (χ1n) is 12.4. The Morgan fingerprint density at radius 3 is 2.55 bits per heavy atom. The number of pyridine rings is 1. The molecule has 0 bridgehead atoms. The molecule has 5 aromatic rings. The van der Waals surface area contributed by atoms with Crippen molar-refractivity contribution in [1.82, 2.24) is 43.9 Å². The fourth-order valence-electron chi connectivity index (χ4n) is 3.93. The van der Waals surface area contributed by atoms with Gasteiger partial charge < -0.3 is 10.4 Å². The van der Waals surface area contributed by atoms with Crippen LogP contribution in [-0.4, -0.2) is 67.2 Å². The van der Waals surface area contributed by atoms with E-state index in [-0.39, 0.29) is 29.7 Å². The van der Waals surface area contributed by atoms with Crippen molar-refractivity contribution < 1.29 is 23.1 Å². The van der Waals surface area contributed by atoms with Crippen LogP contribution in [0.15, 0.2) is 66.0 Å². The summed E-state index contributed by atoms with van der Waals surface area (Å²) in [7, 11) is 0. The van der Waals surface area contributed by atoms with Gasteiger partial charge in [0.1, 0.15) is 18.6 Å². The van der Waals surface area contributed by atoms with E-state index in [9.17, 15) is 27.9 Å². The summed E-state index contributed by atoms with van der Waals surface area (Å²) in [6.07, 6.45) is -3.29. The summed E-state index contributed by atoms with van der Waals surface area (Å²) in [4.78, 5) is 34.2. The summed E-state index contributed by atoms with van der Waals surface area (Å²) in [6, 6.07) is 10.8. The molecule has 218 valence electrons. The summed E-state index contributed by atoms with van der Waals surface area (Å²) in [5, 5.41) is 25.4. The predicted molar refractivity (Wildman–Crippen MR) is 143 cm³/mol. The minimum atomic E-state index is -4.95. The number of nitrogens with one attached hydrogen (secondary N) is 1. The van der Waals surface area contributed by atoms with E-state index in [4.69, 9.17) is 11.6 Å². The molecule has 0 radical (unpaired) electrons. The number of benzene rings is 1. The van der Waals surface area contributed by atoms with Crippen LogP contribution in [-0.2, 0) is 19.6 Å². The standard InChI is InChI=1S/C25H22ClF3N10O3/c1-2-36-11-9-17(33-36)23(41)32-21-18(4-3-10-30-21)39-14-31-20(34-39)13-38-24(42)37(12-19(40)25(27,28)29)22(35-38)15-5-7-16(26)8-6-15/h3-11,14,19,40H,2,12-13H2,1H3,(H,30,32,41)/t19-/m0/s1. The molecule has 1 atom stereocenters. The van der Waals surface area contributed by atoms with Gasteiger partial charge >= 0.3 is 11.9 Å². The highest BCUT2D eigenvalue weighted by atomic mass is 35.5. The third kappa shape index (κ3) is 6.08. The van der Waals surface area contributed by atoms with Gasteiger partial charge in [0.15, 0.2) is 29.3 Å². The Morgan fingerprint density at radius 1 is 1.10 bits per heavy atom. The lowest BCUT2D eigenvalue weighted by molar-refractivity contribution is -0.207. The van der Waals surface area contributed by atoms with Gasteiger partial charge in [0, 0.05) is 29.5 Å². The molecule has 4 heterocycles. The van der Waals surface area contributed by atoms with Crippen molar-refractivity contribution in [3.8, 4) is 17.1 Å². The topological polar surface area (TPSA) is 151 Å². The van der Waals surface area contributed by atoms with Crippen LogP contribution in [0.4, 0.5) is 19.0 Å². The number of hydrogen-bond donors (Lipinski definition) is 2. The Kier molecular flexibility index (Phi) is 7.91. The molecular formula is C25H22ClF3N10O3. The van der Waals surface area contributed by atoms with Gasteiger partial charge in [-0.2, -0.15) is 18.3 Å². The maximum absolute atomic E-state index is 13.1. The normalized spacial score (nSPS) is 12.4. The van der Waals surface area contributed by atoms with Crippen LogP contribution in [0.1, 0.15) is 23.2 Å². The summed E-state index contributed by atoms with van der Waals surface area (Å²) in [6.45, 7) is 1.10. The third-order valence-corrected chi connectivity index (χ3v) is 6.30. The van der Waals surface area contributed by atoms with Crippen LogP contribution in [0.2, 0.25) is 5.02 Å². The maximum atomic E-state index is 13.1. The highest BCUT2D eigenvalue weighted by molar-refractivity contribution is 6.30. The quantitative estimate of drug-likeness (QED) is 0.261. The number of carbonyl (C=O) groups is 1. The number of halogens is 4. The van der Waals surface area contributed by atoms with Crippen molar-refractivity contribution in [2.75, 3.05) is 5.32 Å². The number of alkyl halides is 3. The largest absolute Gasteiger partial charge is 0.416 e. The van der Waals surface area contributed by atoms with Crippen molar-refractivity contribution in [2.24, 2.45) is 0 Å². The third-order valence-electron chi connectivity index (χ3n) is 6.05. The van der Waals surface area contributed by atoms with Crippen LogP contribution in [0.5, 0.6) is 0 Å². The monoisotopic (exact) mass is 602 g/mol. The van der Waals surface area contributed by atoms with Gasteiger partial charge in [0.2, 0.25) is 0 Å². The van der Waals surface area contributed by atoms with Crippen LogP contribution >= 0.6 is 11.6 Å². The lowest BCUT2D eigenvalue weighted by atomic mass is 10.2. The average molecular weight is 603 g/mol. The van der Waals surface area contributed by atoms with E-state index >= 15 is 0 Å². The number of rotatable bonds is 9. The molecule has 0 fully saturated rings. The number of aryl methyl sites for hydroxylation is 1. The van der Waals surface area contributed by atoms with Crippen molar-refractivity contribution in [1.29, 1.82) is 0 Å². The number of aliphatic hydroxyl groups excluding tert-OH is 1. The zero-order valence-corrected chi connectivity index (χ0v) is 22.5. The average Bonchev–Trinajstić information content (AvgIpc) is 3.70. The van der Waals surface area contributed by atoms with E-state index in [1.807, 2.05) is 6.92 Å². The summed E-state index contributed by atoms with van der Waals surface area (Å²) >= 11 is 5.92. The summed E-state index contributed by atoms with van der Waals surface area (Å²) in [5.74, 6) is -0.348. The van der Waals surface area contributed by atoms with Gasteiger partial charge in [0.05, 0.1) is 6.54 Å². The fraction of sp³-hybridized carbons (Fsp3) is 0.240. The molecule has 0 saturated carbocycles. The van der Waals surface area contributed by atoms with E-state index in [0.717, 1.165) is 9.25 Å².